The number of amides is 2. The molecule has 158 valence electrons. The van der Waals surface area contributed by atoms with Gasteiger partial charge in [-0.15, -0.1) is 11.3 Å². The number of thiophene rings is 1. The monoisotopic (exact) mass is 430 g/mol. The van der Waals surface area contributed by atoms with Gasteiger partial charge in [-0.1, -0.05) is 6.07 Å². The molecule has 10 heteroatoms. The zero-order valence-corrected chi connectivity index (χ0v) is 18.2. The first-order chi connectivity index (χ1) is 13.4. The average molecular weight is 431 g/mol. The number of nitrogens with zero attached hydrogens (tertiary/aromatic N) is 3. The second-order valence-electron chi connectivity index (χ2n) is 7.48. The summed E-state index contributed by atoms with van der Waals surface area (Å²) in [7, 11) is 0.0819. The zero-order valence-electron chi connectivity index (χ0n) is 16.5. The Morgan fingerprint density at radius 3 is 2.68 bits per heavy atom. The SMILES string of the molecule is CN(C)C(=O)N1CCC(N(CCNS(=O)(=O)c2cccs2)C2CCOCC2)C1. The minimum absolute atomic E-state index is 0.0350. The Balaban J connectivity index is 1.62. The summed E-state index contributed by atoms with van der Waals surface area (Å²) < 4.78 is 33.4. The van der Waals surface area contributed by atoms with E-state index in [0.717, 1.165) is 39.0 Å². The van der Waals surface area contributed by atoms with Crippen LogP contribution in [0.2, 0.25) is 0 Å². The van der Waals surface area contributed by atoms with Gasteiger partial charge in [-0.3, -0.25) is 4.90 Å². The van der Waals surface area contributed by atoms with Gasteiger partial charge in [0.1, 0.15) is 4.21 Å². The van der Waals surface area contributed by atoms with Crippen LogP contribution in [-0.2, 0) is 14.8 Å². The molecule has 3 heterocycles. The second kappa shape index (κ2) is 9.53. The summed E-state index contributed by atoms with van der Waals surface area (Å²) in [4.78, 5) is 18.2. The lowest BCUT2D eigenvalue weighted by Gasteiger charge is -2.38. The Hall–Kier alpha value is -1.20. The maximum atomic E-state index is 12.4. The first-order valence-corrected chi connectivity index (χ1v) is 12.1. The van der Waals surface area contributed by atoms with Gasteiger partial charge in [-0.05, 0) is 30.7 Å². The summed E-state index contributed by atoms with van der Waals surface area (Å²) in [5, 5.41) is 1.76. The molecule has 0 bridgehead atoms. The van der Waals surface area contributed by atoms with Crippen molar-refractivity contribution in [3.63, 3.8) is 0 Å². The van der Waals surface area contributed by atoms with E-state index in [9.17, 15) is 13.2 Å². The molecular weight excluding hydrogens is 400 g/mol. The lowest BCUT2D eigenvalue weighted by molar-refractivity contribution is 0.0193. The van der Waals surface area contributed by atoms with Crippen LogP contribution in [0, 0.1) is 0 Å². The van der Waals surface area contributed by atoms with Crippen LogP contribution in [-0.4, -0.2) is 94.7 Å². The Bertz CT molecular complexity index is 733. The van der Waals surface area contributed by atoms with E-state index in [1.807, 2.05) is 4.90 Å². The molecule has 0 radical (unpaired) electrons. The highest BCUT2D eigenvalue weighted by Gasteiger charge is 2.35. The van der Waals surface area contributed by atoms with Gasteiger partial charge in [0.25, 0.3) is 0 Å². The summed E-state index contributed by atoms with van der Waals surface area (Å²) in [5.41, 5.74) is 0. The van der Waals surface area contributed by atoms with Crippen LogP contribution in [0.5, 0.6) is 0 Å². The van der Waals surface area contributed by atoms with Gasteiger partial charge in [0.15, 0.2) is 0 Å². The topological polar surface area (TPSA) is 82.2 Å². The Morgan fingerprint density at radius 1 is 1.29 bits per heavy atom. The Morgan fingerprint density at radius 2 is 2.04 bits per heavy atom. The molecule has 1 aromatic rings. The van der Waals surface area contributed by atoms with Crippen molar-refractivity contribution in [1.29, 1.82) is 0 Å². The summed E-state index contributed by atoms with van der Waals surface area (Å²) in [5.74, 6) is 0. The molecule has 3 rings (SSSR count). The highest BCUT2D eigenvalue weighted by atomic mass is 32.2. The van der Waals surface area contributed by atoms with E-state index in [0.29, 0.717) is 29.9 Å². The van der Waals surface area contributed by atoms with Crippen molar-refractivity contribution >= 4 is 27.4 Å². The van der Waals surface area contributed by atoms with E-state index in [4.69, 9.17) is 4.74 Å². The number of ether oxygens (including phenoxy) is 1. The first kappa shape index (κ1) is 21.5. The van der Waals surface area contributed by atoms with Gasteiger partial charge < -0.3 is 14.5 Å². The van der Waals surface area contributed by atoms with E-state index < -0.39 is 10.0 Å². The minimum Gasteiger partial charge on any atom is -0.381 e. The number of hydrogen-bond acceptors (Lipinski definition) is 6. The van der Waals surface area contributed by atoms with E-state index >= 15 is 0 Å². The number of sulfonamides is 1. The summed E-state index contributed by atoms with van der Waals surface area (Å²) in [6.07, 6.45) is 2.79. The molecule has 1 unspecified atom stereocenters. The highest BCUT2D eigenvalue weighted by molar-refractivity contribution is 7.91. The van der Waals surface area contributed by atoms with Crippen molar-refractivity contribution in [2.75, 3.05) is 53.5 Å². The number of rotatable bonds is 7. The quantitative estimate of drug-likeness (QED) is 0.704. The molecule has 1 N–H and O–H groups in total. The molecule has 2 fully saturated rings. The van der Waals surface area contributed by atoms with Crippen molar-refractivity contribution in [1.82, 2.24) is 19.4 Å². The fraction of sp³-hybridized carbons (Fsp3) is 0.722. The Kier molecular flexibility index (Phi) is 7.32. The predicted molar refractivity (Wildman–Crippen MR) is 109 cm³/mol. The number of carbonyl (C=O) groups excluding carboxylic acids is 1. The van der Waals surface area contributed by atoms with Crippen LogP contribution in [0.1, 0.15) is 19.3 Å². The third-order valence-electron chi connectivity index (χ3n) is 5.37. The lowest BCUT2D eigenvalue weighted by Crippen LogP contribution is -2.50. The number of hydrogen-bond donors (Lipinski definition) is 1. The molecule has 28 heavy (non-hydrogen) atoms. The third kappa shape index (κ3) is 5.24. The van der Waals surface area contributed by atoms with E-state index in [-0.39, 0.29) is 12.1 Å². The first-order valence-electron chi connectivity index (χ1n) is 9.71. The molecule has 1 atom stereocenters. The summed E-state index contributed by atoms with van der Waals surface area (Å²) in [6, 6.07) is 4.00. The number of nitrogens with one attached hydrogen (secondary N) is 1. The smallest absolute Gasteiger partial charge is 0.319 e. The second-order valence-corrected chi connectivity index (χ2v) is 10.4. The predicted octanol–water partition coefficient (Wildman–Crippen LogP) is 1.26. The van der Waals surface area contributed by atoms with E-state index in [2.05, 4.69) is 9.62 Å². The van der Waals surface area contributed by atoms with Crippen LogP contribution in [0.3, 0.4) is 0 Å². The molecule has 8 nitrogen and oxygen atoms in total. The Labute approximate surface area is 171 Å². The fourth-order valence-corrected chi connectivity index (χ4v) is 6.00. The summed E-state index contributed by atoms with van der Waals surface area (Å²) in [6.45, 7) is 3.87. The normalized spacial score (nSPS) is 21.4. The maximum Gasteiger partial charge on any atom is 0.319 e. The van der Waals surface area contributed by atoms with Crippen molar-refractivity contribution < 1.29 is 17.9 Å². The molecule has 2 saturated heterocycles. The van der Waals surface area contributed by atoms with Gasteiger partial charge in [0.2, 0.25) is 10.0 Å². The van der Waals surface area contributed by atoms with E-state index in [1.165, 1.54) is 11.3 Å². The van der Waals surface area contributed by atoms with Crippen LogP contribution in [0.4, 0.5) is 4.79 Å². The van der Waals surface area contributed by atoms with Crippen LogP contribution < -0.4 is 4.72 Å². The van der Waals surface area contributed by atoms with Gasteiger partial charge in [-0.2, -0.15) is 0 Å². The summed E-state index contributed by atoms with van der Waals surface area (Å²) >= 11 is 1.22. The lowest BCUT2D eigenvalue weighted by atomic mass is 10.0. The molecule has 2 aliphatic heterocycles. The molecular formula is C18H30N4O4S2. The molecule has 2 amide bonds. The van der Waals surface area contributed by atoms with Gasteiger partial charge in [0, 0.05) is 65.6 Å². The largest absolute Gasteiger partial charge is 0.381 e. The molecule has 0 saturated carbocycles. The number of carbonyl (C=O) groups is 1. The molecule has 0 spiro atoms. The third-order valence-corrected chi connectivity index (χ3v) is 8.23. The standard InChI is InChI=1S/C18H30N4O4S2/c1-20(2)18(23)21-9-5-16(14-21)22(15-6-11-26-12-7-15)10-8-19-28(24,25)17-4-3-13-27-17/h3-4,13,15-16,19H,5-12,14H2,1-2H3. The fourth-order valence-electron chi connectivity index (χ4n) is 3.95. The molecule has 2 aliphatic rings. The van der Waals surface area contributed by atoms with Crippen LogP contribution >= 0.6 is 11.3 Å². The van der Waals surface area contributed by atoms with Crippen molar-refractivity contribution in [2.24, 2.45) is 0 Å². The van der Waals surface area contributed by atoms with Crippen molar-refractivity contribution in [3.8, 4) is 0 Å². The zero-order chi connectivity index (χ0) is 20.1. The van der Waals surface area contributed by atoms with E-state index in [1.54, 1.807) is 36.5 Å². The number of likely N-dealkylation sites (tertiary alicyclic amines) is 1. The van der Waals surface area contributed by atoms with Crippen LogP contribution in [0.15, 0.2) is 21.7 Å². The minimum atomic E-state index is -3.46. The maximum absolute atomic E-state index is 12.4. The van der Waals surface area contributed by atoms with Crippen molar-refractivity contribution in [3.05, 3.63) is 17.5 Å². The van der Waals surface area contributed by atoms with Gasteiger partial charge in [-0.25, -0.2) is 17.9 Å². The van der Waals surface area contributed by atoms with Gasteiger partial charge >= 0.3 is 6.03 Å². The number of urea groups is 1. The average Bonchev–Trinajstić information content (AvgIpc) is 3.37. The van der Waals surface area contributed by atoms with Gasteiger partial charge in [0.05, 0.1) is 0 Å². The molecule has 0 aromatic carbocycles. The molecule has 1 aromatic heterocycles. The van der Waals surface area contributed by atoms with Crippen molar-refractivity contribution in [2.45, 2.75) is 35.6 Å². The highest BCUT2D eigenvalue weighted by Crippen LogP contribution is 2.24. The molecule has 0 aliphatic carbocycles. The van der Waals surface area contributed by atoms with Crippen LogP contribution in [0.25, 0.3) is 0 Å².